The van der Waals surface area contributed by atoms with E-state index in [1.807, 2.05) is 17.8 Å². The summed E-state index contributed by atoms with van der Waals surface area (Å²) in [7, 11) is 1.85. The first-order valence-electron chi connectivity index (χ1n) is 5.12. The molecule has 0 aliphatic heterocycles. The number of anilines is 1. The number of nitrogens with two attached hydrogens (primary N) is 1. The normalized spacial score (nSPS) is 11.2. The number of benzene rings is 1. The predicted octanol–water partition coefficient (Wildman–Crippen LogP) is 2.55. The van der Waals surface area contributed by atoms with Crippen LogP contribution in [0.4, 0.5) is 10.2 Å². The van der Waals surface area contributed by atoms with Gasteiger partial charge in [-0.25, -0.2) is 4.39 Å². The average Bonchev–Trinajstić information content (AvgIpc) is 2.84. The Morgan fingerprint density at radius 3 is 2.88 bits per heavy atom. The molecule has 0 amide bonds. The summed E-state index contributed by atoms with van der Waals surface area (Å²) in [4.78, 5) is 0. The van der Waals surface area contributed by atoms with Crippen molar-refractivity contribution in [1.29, 1.82) is 0 Å². The van der Waals surface area contributed by atoms with Gasteiger partial charge in [-0.2, -0.15) is 0 Å². The van der Waals surface area contributed by atoms with E-state index < -0.39 is 0 Å². The number of nitrogens with zero attached hydrogens (tertiary/aromatic N) is 2. The van der Waals surface area contributed by atoms with Gasteiger partial charge in [-0.1, -0.05) is 5.16 Å². The van der Waals surface area contributed by atoms with Gasteiger partial charge in [-0.3, -0.25) is 0 Å². The minimum Gasteiger partial charge on any atom is -0.381 e. The van der Waals surface area contributed by atoms with Gasteiger partial charge in [-0.05, 0) is 18.2 Å². The minimum atomic E-state index is -0.262. The van der Waals surface area contributed by atoms with Gasteiger partial charge < -0.3 is 14.8 Å². The third-order valence-electron chi connectivity index (χ3n) is 2.75. The number of aryl methyl sites for hydroxylation is 1. The summed E-state index contributed by atoms with van der Waals surface area (Å²) in [6, 6.07) is 6.28. The largest absolute Gasteiger partial charge is 0.381 e. The van der Waals surface area contributed by atoms with Gasteiger partial charge in [0.05, 0.1) is 5.52 Å². The van der Waals surface area contributed by atoms with E-state index in [1.165, 1.54) is 12.1 Å². The molecule has 2 N–H and O–H groups in total. The lowest BCUT2D eigenvalue weighted by molar-refractivity contribution is 0.436. The van der Waals surface area contributed by atoms with Crippen LogP contribution in [0.15, 0.2) is 35.0 Å². The van der Waals surface area contributed by atoms with E-state index in [-0.39, 0.29) is 5.82 Å². The van der Waals surface area contributed by atoms with Crippen LogP contribution in [0.25, 0.3) is 22.2 Å². The molecule has 86 valence electrons. The number of rotatable bonds is 1. The molecule has 0 aliphatic rings. The maximum Gasteiger partial charge on any atom is 0.171 e. The van der Waals surface area contributed by atoms with Crippen molar-refractivity contribution in [3.8, 4) is 11.3 Å². The monoisotopic (exact) mass is 231 g/mol. The van der Waals surface area contributed by atoms with Crippen LogP contribution in [0, 0.1) is 5.82 Å². The summed E-state index contributed by atoms with van der Waals surface area (Å²) in [5.74, 6) is 0.654. The van der Waals surface area contributed by atoms with Crippen LogP contribution in [0.3, 0.4) is 0 Å². The Kier molecular flexibility index (Phi) is 1.95. The first kappa shape index (κ1) is 9.89. The van der Waals surface area contributed by atoms with E-state index >= 15 is 0 Å². The van der Waals surface area contributed by atoms with Gasteiger partial charge in [0.2, 0.25) is 0 Å². The van der Waals surface area contributed by atoms with Crippen LogP contribution in [-0.2, 0) is 7.05 Å². The lowest BCUT2D eigenvalue weighted by Gasteiger charge is -1.95. The van der Waals surface area contributed by atoms with Crippen LogP contribution in [0.5, 0.6) is 0 Å². The molecule has 0 unspecified atom stereocenters. The fraction of sp³-hybridized carbons (Fsp3) is 0.0833. The molecule has 2 aromatic heterocycles. The highest BCUT2D eigenvalue weighted by atomic mass is 19.1. The van der Waals surface area contributed by atoms with Gasteiger partial charge in [0.25, 0.3) is 0 Å². The zero-order valence-corrected chi connectivity index (χ0v) is 9.14. The second kappa shape index (κ2) is 3.35. The lowest BCUT2D eigenvalue weighted by Crippen LogP contribution is -1.83. The SMILES string of the molecule is Cn1cc(-c2cc(N)no2)c2ccc(F)cc21. The third kappa shape index (κ3) is 1.47. The van der Waals surface area contributed by atoms with E-state index in [0.717, 1.165) is 16.5 Å². The topological polar surface area (TPSA) is 57.0 Å². The van der Waals surface area contributed by atoms with Crippen LogP contribution in [-0.4, -0.2) is 9.72 Å². The molecule has 0 radical (unpaired) electrons. The molecule has 3 rings (SSSR count). The van der Waals surface area contributed by atoms with Crippen molar-refractivity contribution in [3.05, 3.63) is 36.3 Å². The molecule has 5 heteroatoms. The molecule has 4 nitrogen and oxygen atoms in total. The maximum absolute atomic E-state index is 13.2. The van der Waals surface area contributed by atoms with E-state index in [1.54, 1.807) is 12.1 Å². The molecule has 17 heavy (non-hydrogen) atoms. The first-order valence-corrected chi connectivity index (χ1v) is 5.12. The number of nitrogen functional groups attached to an aromatic ring is 1. The molecule has 3 aromatic rings. The van der Waals surface area contributed by atoms with E-state index in [0.29, 0.717) is 11.6 Å². The van der Waals surface area contributed by atoms with Crippen LogP contribution >= 0.6 is 0 Å². The average molecular weight is 231 g/mol. The molecule has 0 bridgehead atoms. The molecular weight excluding hydrogens is 221 g/mol. The highest BCUT2D eigenvalue weighted by Gasteiger charge is 2.13. The fourth-order valence-corrected chi connectivity index (χ4v) is 1.97. The smallest absolute Gasteiger partial charge is 0.171 e. The summed E-state index contributed by atoms with van der Waals surface area (Å²) in [6.45, 7) is 0. The molecule has 0 saturated heterocycles. The van der Waals surface area contributed by atoms with Crippen molar-refractivity contribution in [2.45, 2.75) is 0 Å². The molecule has 1 aromatic carbocycles. The van der Waals surface area contributed by atoms with Crippen molar-refractivity contribution in [1.82, 2.24) is 9.72 Å². The second-order valence-corrected chi connectivity index (χ2v) is 3.93. The Bertz CT molecular complexity index is 699. The Labute approximate surface area is 96.4 Å². The highest BCUT2D eigenvalue weighted by molar-refractivity contribution is 5.95. The minimum absolute atomic E-state index is 0.262. The number of hydrogen-bond acceptors (Lipinski definition) is 3. The zero-order chi connectivity index (χ0) is 12.0. The molecular formula is C12H10FN3O. The van der Waals surface area contributed by atoms with Gasteiger partial charge in [-0.15, -0.1) is 0 Å². The molecule has 0 saturated carbocycles. The fourth-order valence-electron chi connectivity index (χ4n) is 1.97. The van der Waals surface area contributed by atoms with Crippen molar-refractivity contribution < 1.29 is 8.91 Å². The van der Waals surface area contributed by atoms with Gasteiger partial charge in [0, 0.05) is 30.3 Å². The summed E-state index contributed by atoms with van der Waals surface area (Å²) in [6.07, 6.45) is 1.87. The van der Waals surface area contributed by atoms with E-state index in [9.17, 15) is 4.39 Å². The predicted molar refractivity (Wildman–Crippen MR) is 62.8 cm³/mol. The molecule has 0 atom stereocenters. The van der Waals surface area contributed by atoms with Crippen LogP contribution in [0.1, 0.15) is 0 Å². The number of aromatic nitrogens is 2. The summed E-state index contributed by atoms with van der Waals surface area (Å²) in [5.41, 5.74) is 7.17. The van der Waals surface area contributed by atoms with Crippen molar-refractivity contribution >= 4 is 16.7 Å². The number of hydrogen-bond donors (Lipinski definition) is 1. The van der Waals surface area contributed by atoms with Crippen LogP contribution < -0.4 is 5.73 Å². The molecule has 0 spiro atoms. The first-order chi connectivity index (χ1) is 8.15. The third-order valence-corrected chi connectivity index (χ3v) is 2.75. The quantitative estimate of drug-likeness (QED) is 0.700. The summed E-state index contributed by atoms with van der Waals surface area (Å²) >= 11 is 0. The van der Waals surface area contributed by atoms with Gasteiger partial charge in [0.15, 0.2) is 11.6 Å². The molecule has 0 fully saturated rings. The van der Waals surface area contributed by atoms with Crippen molar-refractivity contribution in [2.24, 2.45) is 7.05 Å². The number of halogens is 1. The highest BCUT2D eigenvalue weighted by Crippen LogP contribution is 2.31. The van der Waals surface area contributed by atoms with Crippen molar-refractivity contribution in [3.63, 3.8) is 0 Å². The van der Waals surface area contributed by atoms with Crippen LogP contribution in [0.2, 0.25) is 0 Å². The summed E-state index contributed by atoms with van der Waals surface area (Å²) in [5, 5.41) is 4.55. The zero-order valence-electron chi connectivity index (χ0n) is 9.14. The van der Waals surface area contributed by atoms with Gasteiger partial charge >= 0.3 is 0 Å². The van der Waals surface area contributed by atoms with Gasteiger partial charge in [0.1, 0.15) is 5.82 Å². The lowest BCUT2D eigenvalue weighted by atomic mass is 10.1. The Balaban J connectivity index is 2.31. The standard InChI is InChI=1S/C12H10FN3O/c1-16-6-9(11-5-12(14)15-17-11)8-3-2-7(13)4-10(8)16/h2-6H,1H3,(H2,14,15). The molecule has 2 heterocycles. The van der Waals surface area contributed by atoms with E-state index in [4.69, 9.17) is 10.3 Å². The van der Waals surface area contributed by atoms with E-state index in [2.05, 4.69) is 5.16 Å². The Hall–Kier alpha value is -2.30. The van der Waals surface area contributed by atoms with Crippen molar-refractivity contribution in [2.75, 3.05) is 5.73 Å². The maximum atomic E-state index is 13.2. The Morgan fingerprint density at radius 2 is 2.18 bits per heavy atom. The summed E-state index contributed by atoms with van der Waals surface area (Å²) < 4.78 is 20.1. The Morgan fingerprint density at radius 1 is 1.35 bits per heavy atom. The molecule has 0 aliphatic carbocycles. The number of fused-ring (bicyclic) bond motifs is 1. The second-order valence-electron chi connectivity index (χ2n) is 3.93.